The van der Waals surface area contributed by atoms with Gasteiger partial charge >= 0.3 is 0 Å². The van der Waals surface area contributed by atoms with Crippen LogP contribution in [0.5, 0.6) is 0 Å². The average molecular weight is 375 g/mol. The molecule has 6 nitrogen and oxygen atoms in total. The van der Waals surface area contributed by atoms with Crippen LogP contribution >= 0.6 is 0 Å². The summed E-state index contributed by atoms with van der Waals surface area (Å²) in [6, 6.07) is 7.89. The lowest BCUT2D eigenvalue weighted by Crippen LogP contribution is -2.51. The fourth-order valence-electron chi connectivity index (χ4n) is 2.96. The molecule has 0 aliphatic rings. The fraction of sp³-hybridized carbons (Fsp3) is 0.571. The van der Waals surface area contributed by atoms with Gasteiger partial charge in [0.2, 0.25) is 18.1 Å². The van der Waals surface area contributed by atoms with Crippen molar-refractivity contribution in [1.82, 2.24) is 10.6 Å². The molecule has 0 fully saturated rings. The second-order valence-electron chi connectivity index (χ2n) is 6.92. The Kier molecular flexibility index (Phi) is 11.0. The smallest absolute Gasteiger partial charge is 0.238 e. The Balaban J connectivity index is 2.66. The van der Waals surface area contributed by atoms with E-state index in [4.69, 9.17) is 5.73 Å². The van der Waals surface area contributed by atoms with E-state index in [2.05, 4.69) is 24.5 Å². The fourth-order valence-corrected chi connectivity index (χ4v) is 2.96. The molecule has 1 aromatic rings. The van der Waals surface area contributed by atoms with Crippen LogP contribution in [0.25, 0.3) is 0 Å². The summed E-state index contributed by atoms with van der Waals surface area (Å²) in [4.78, 5) is 35.2. The van der Waals surface area contributed by atoms with E-state index in [-0.39, 0.29) is 6.42 Å². The second-order valence-corrected chi connectivity index (χ2v) is 6.92. The van der Waals surface area contributed by atoms with E-state index in [0.717, 1.165) is 31.2 Å². The van der Waals surface area contributed by atoms with Crippen molar-refractivity contribution in [3.05, 3.63) is 35.9 Å². The first-order chi connectivity index (χ1) is 13.0. The van der Waals surface area contributed by atoms with Gasteiger partial charge in [-0.3, -0.25) is 14.4 Å². The third-order valence-corrected chi connectivity index (χ3v) is 4.66. The second kappa shape index (κ2) is 13.0. The van der Waals surface area contributed by atoms with E-state index in [1.807, 2.05) is 36.6 Å². The Labute approximate surface area is 162 Å². The third-order valence-electron chi connectivity index (χ3n) is 4.66. The number of benzene rings is 1. The average Bonchev–Trinajstić information content (AvgIpc) is 2.67. The molecule has 2 unspecified atom stereocenters. The summed E-state index contributed by atoms with van der Waals surface area (Å²) in [5.41, 5.74) is 6.23. The normalized spacial score (nSPS) is 14.1. The first kappa shape index (κ1) is 22.8. The molecular weight excluding hydrogens is 342 g/mol. The number of hydrogen-bond acceptors (Lipinski definition) is 4. The van der Waals surface area contributed by atoms with Gasteiger partial charge in [0, 0.05) is 6.42 Å². The summed E-state index contributed by atoms with van der Waals surface area (Å²) in [5, 5.41) is 5.83. The zero-order chi connectivity index (χ0) is 20.1. The Morgan fingerprint density at radius 3 is 2.44 bits per heavy atom. The number of carbonyl (C=O) groups is 2. The third kappa shape index (κ3) is 9.33. The maximum Gasteiger partial charge on any atom is 0.238 e. The molecule has 0 saturated carbocycles. The molecule has 1 rings (SSSR count). The minimum absolute atomic E-state index is 0.104. The largest absolute Gasteiger partial charge is 0.370 e. The molecule has 0 aliphatic heterocycles. The zero-order valence-corrected chi connectivity index (χ0v) is 16.4. The predicted octanol–water partition coefficient (Wildman–Crippen LogP) is 1.87. The van der Waals surface area contributed by atoms with Gasteiger partial charge in [-0.1, -0.05) is 63.4 Å². The topological polar surface area (TPSA) is 101 Å². The zero-order valence-electron chi connectivity index (χ0n) is 16.4. The molecule has 0 bridgehead atoms. The van der Waals surface area contributed by atoms with Crippen LogP contribution in [0.3, 0.4) is 0 Å². The monoisotopic (exact) mass is 374 g/mol. The molecule has 149 valence electrons. The van der Waals surface area contributed by atoms with E-state index < -0.39 is 23.9 Å². The van der Waals surface area contributed by atoms with Crippen LogP contribution in [0.4, 0.5) is 0 Å². The SMILES string of the molecule is CCCCC(CC)CNC(CC(N)=O)C(=O)N[C@H]([C]=O)Cc1ccccc1. The Hall–Kier alpha value is -2.21. The van der Waals surface area contributed by atoms with Crippen molar-refractivity contribution in [1.29, 1.82) is 0 Å². The van der Waals surface area contributed by atoms with Crippen LogP contribution in [0, 0.1) is 5.92 Å². The highest BCUT2D eigenvalue weighted by molar-refractivity contribution is 5.89. The number of nitrogens with two attached hydrogens (primary N) is 1. The van der Waals surface area contributed by atoms with Crippen molar-refractivity contribution < 1.29 is 14.4 Å². The van der Waals surface area contributed by atoms with Gasteiger partial charge in [0.25, 0.3) is 0 Å². The number of hydrogen-bond donors (Lipinski definition) is 3. The summed E-state index contributed by atoms with van der Waals surface area (Å²) < 4.78 is 0. The highest BCUT2D eigenvalue weighted by Crippen LogP contribution is 2.12. The molecule has 0 heterocycles. The molecule has 6 heteroatoms. The van der Waals surface area contributed by atoms with Crippen LogP contribution in [0.15, 0.2) is 30.3 Å². The van der Waals surface area contributed by atoms with Crippen LogP contribution < -0.4 is 16.4 Å². The van der Waals surface area contributed by atoms with Gasteiger partial charge in [-0.15, -0.1) is 0 Å². The molecule has 1 radical (unpaired) electrons. The van der Waals surface area contributed by atoms with E-state index in [0.29, 0.717) is 18.9 Å². The molecular formula is C21H32N3O3. The quantitative estimate of drug-likeness (QED) is 0.463. The van der Waals surface area contributed by atoms with Gasteiger partial charge in [0.05, 0.1) is 18.5 Å². The van der Waals surface area contributed by atoms with Gasteiger partial charge in [0.1, 0.15) is 0 Å². The molecule has 3 atom stereocenters. The lowest BCUT2D eigenvalue weighted by atomic mass is 9.98. The summed E-state index contributed by atoms with van der Waals surface area (Å²) in [5.74, 6) is -0.520. The molecule has 27 heavy (non-hydrogen) atoms. The number of rotatable bonds is 14. The number of primary amides is 1. The van der Waals surface area contributed by atoms with E-state index >= 15 is 0 Å². The molecule has 4 N–H and O–H groups in total. The number of unbranched alkanes of at least 4 members (excludes halogenated alkanes) is 1. The summed E-state index contributed by atoms with van der Waals surface area (Å²) in [6.45, 7) is 4.89. The molecule has 0 spiro atoms. The molecule has 2 amide bonds. The molecule has 0 saturated heterocycles. The minimum atomic E-state index is -0.765. The van der Waals surface area contributed by atoms with Gasteiger partial charge in [-0.2, -0.15) is 0 Å². The van der Waals surface area contributed by atoms with Crippen molar-refractivity contribution in [2.75, 3.05) is 6.54 Å². The van der Waals surface area contributed by atoms with Crippen molar-refractivity contribution in [3.8, 4) is 0 Å². The van der Waals surface area contributed by atoms with Crippen molar-refractivity contribution in [2.45, 2.75) is 64.5 Å². The van der Waals surface area contributed by atoms with E-state index in [9.17, 15) is 14.4 Å². The van der Waals surface area contributed by atoms with Crippen molar-refractivity contribution in [3.63, 3.8) is 0 Å². The van der Waals surface area contributed by atoms with Crippen LogP contribution in [-0.2, 0) is 20.8 Å². The van der Waals surface area contributed by atoms with E-state index in [1.54, 1.807) is 0 Å². The van der Waals surface area contributed by atoms with Gasteiger partial charge < -0.3 is 16.4 Å². The minimum Gasteiger partial charge on any atom is -0.370 e. The number of carbonyl (C=O) groups excluding carboxylic acids is 3. The van der Waals surface area contributed by atoms with Gasteiger partial charge in [0.15, 0.2) is 0 Å². The molecule has 0 aliphatic carbocycles. The number of amides is 2. The Morgan fingerprint density at radius 1 is 1.19 bits per heavy atom. The van der Waals surface area contributed by atoms with E-state index in [1.165, 1.54) is 0 Å². The number of nitrogens with one attached hydrogen (secondary N) is 2. The highest BCUT2D eigenvalue weighted by Gasteiger charge is 2.24. The predicted molar refractivity (Wildman–Crippen MR) is 107 cm³/mol. The maximum absolute atomic E-state index is 12.6. The first-order valence-electron chi connectivity index (χ1n) is 9.73. The molecule has 1 aromatic carbocycles. The Bertz CT molecular complexity index is 577. The summed E-state index contributed by atoms with van der Waals surface area (Å²) in [7, 11) is 0. The van der Waals surface area contributed by atoms with Crippen LogP contribution in [0.1, 0.15) is 51.5 Å². The van der Waals surface area contributed by atoms with Crippen molar-refractivity contribution in [2.24, 2.45) is 11.7 Å². The lowest BCUT2D eigenvalue weighted by molar-refractivity contribution is -0.127. The maximum atomic E-state index is 12.6. The van der Waals surface area contributed by atoms with Gasteiger partial charge in [-0.25, -0.2) is 0 Å². The summed E-state index contributed by atoms with van der Waals surface area (Å²) >= 11 is 0. The lowest BCUT2D eigenvalue weighted by Gasteiger charge is -2.22. The first-order valence-corrected chi connectivity index (χ1v) is 9.73. The van der Waals surface area contributed by atoms with Gasteiger partial charge in [-0.05, 0) is 24.4 Å². The highest BCUT2D eigenvalue weighted by atomic mass is 16.2. The van der Waals surface area contributed by atoms with Crippen molar-refractivity contribution >= 4 is 18.1 Å². The standard InChI is InChI=1S/C21H32N3O3/c1-3-5-9-16(4-2)14-23-19(13-20(22)26)21(27)24-18(15-25)12-17-10-7-6-8-11-17/h6-8,10-11,16,18-19,23H,3-5,9,12-14H2,1-2H3,(H2,22,26)(H,24,27)/t16?,18-,19?/m0/s1. The molecule has 0 aromatic heterocycles. The van der Waals surface area contributed by atoms with Crippen LogP contribution in [-0.4, -0.2) is 36.7 Å². The van der Waals surface area contributed by atoms with Crippen LogP contribution in [0.2, 0.25) is 0 Å². The Morgan fingerprint density at radius 2 is 1.89 bits per heavy atom. The summed E-state index contributed by atoms with van der Waals surface area (Å²) in [6.07, 6.45) is 6.44.